The highest BCUT2D eigenvalue weighted by molar-refractivity contribution is 5.99. The summed E-state index contributed by atoms with van der Waals surface area (Å²) in [7, 11) is 0. The zero-order valence-corrected chi connectivity index (χ0v) is 51.1. The fraction of sp³-hybridized carbons (Fsp3) is 0.533. The summed E-state index contributed by atoms with van der Waals surface area (Å²) < 4.78 is 6.04. The first-order valence-electron chi connectivity index (χ1n) is 30.0. The van der Waals surface area contributed by atoms with Gasteiger partial charge in [-0.05, 0) is 101 Å². The topological polar surface area (TPSA) is 438 Å². The van der Waals surface area contributed by atoms with Crippen LogP contribution in [0.1, 0.15) is 103 Å². The number of aliphatic hydroxyl groups excluding tert-OH is 1. The number of rotatable bonds is 32. The molecule has 0 spiro atoms. The van der Waals surface area contributed by atoms with Crippen LogP contribution in [-0.4, -0.2) is 188 Å². The van der Waals surface area contributed by atoms with Gasteiger partial charge in [0.05, 0.1) is 30.8 Å². The fourth-order valence-corrected chi connectivity index (χ4v) is 10.3. The number of aliphatic hydroxyl groups is 1. The first-order valence-corrected chi connectivity index (χ1v) is 30.0. The summed E-state index contributed by atoms with van der Waals surface area (Å²) in [5.74, 6) is -7.88. The number of nitrogens with two attached hydrogens (primary N) is 1. The van der Waals surface area contributed by atoms with Crippen molar-refractivity contribution in [2.24, 2.45) is 11.7 Å². The van der Waals surface area contributed by atoms with E-state index in [9.17, 15) is 58.2 Å². The Balaban J connectivity index is 1.24. The van der Waals surface area contributed by atoms with Gasteiger partial charge in [-0.15, -0.1) is 0 Å². The number of likely N-dealkylation sites (N-methyl/N-ethyl adjacent to an activating group) is 1. The van der Waals surface area contributed by atoms with Gasteiger partial charge in [0.15, 0.2) is 5.96 Å². The van der Waals surface area contributed by atoms with E-state index < -0.39 is 120 Å². The minimum absolute atomic E-state index is 0.0556. The number of ether oxygens (including phenoxy) is 1. The standard InChI is InChI=1S/C60H86N16O13/c1-7-64-57(87)48-15-11-23-76(48)58(88)41(14-10-22-65-59(61)62)69-51(81)42(24-33(2)3)70-56(86)47(31-89-60(4,5)6)75-52(82)43(25-34-16-18-37(78)19-17-34)71-55(85)46(30-77)74-53(83)44(26-35-28-66-39-13-9-8-12-38(35)39)72-54(84)45(27-36-29-63-32-67-36)73-50(80)40-20-21-49(79)68-40/h8-9,12-13,16-19,28-29,32-33,40-48,66,77-78H,7,10-11,14-15,20-27,30-31H2,1-6H3,(H,63,67)(H,64,87)(H,68,79)(H,69,81)(H,70,86)(H,71,85)(H,72,84)(H,73,80)(H,74,83)(H,75,82)(H4,61,62,65). The molecule has 2 aromatic carbocycles. The number of guanidine groups is 1. The van der Waals surface area contributed by atoms with Gasteiger partial charge in [-0.3, -0.25) is 53.4 Å². The Labute approximate surface area is 515 Å². The highest BCUT2D eigenvalue weighted by Crippen LogP contribution is 2.22. The largest absolute Gasteiger partial charge is 0.508 e. The zero-order chi connectivity index (χ0) is 65.0. The Bertz CT molecular complexity index is 3110. The molecule has 2 saturated heterocycles. The molecule has 10 amide bonds. The molecular weight excluding hydrogens is 1150 g/mol. The predicted molar refractivity (Wildman–Crippen MR) is 326 cm³/mol. The molecule has 6 rings (SSSR count). The lowest BCUT2D eigenvalue weighted by atomic mass is 10.0. The van der Waals surface area contributed by atoms with Crippen molar-refractivity contribution >= 4 is 75.9 Å². The van der Waals surface area contributed by atoms with Crippen LogP contribution in [0.5, 0.6) is 5.75 Å². The minimum atomic E-state index is -1.78. The molecule has 17 N–H and O–H groups in total. The number of nitrogens with zero attached hydrogens (tertiary/aromatic N) is 2. The summed E-state index contributed by atoms with van der Waals surface area (Å²) in [5, 5.41) is 56.0. The van der Waals surface area contributed by atoms with Gasteiger partial charge in [0.2, 0.25) is 59.1 Å². The van der Waals surface area contributed by atoms with Crippen LogP contribution in [0.4, 0.5) is 0 Å². The SMILES string of the molecule is CCNC(=O)C1CCCN1C(=O)C(CCCNC(=N)N)NC(=O)C(CC(C)C)NC(=O)C(COC(C)(C)C)NC(=O)C(Cc1ccc(O)cc1)NC(=O)C(CO)NC(=O)C(Cc1c[nH]c2ccccc12)NC(=O)C(Cc1c[nH]cn1)NC(=O)C1CCC(=O)N1. The number of amides is 10. The van der Waals surface area contributed by atoms with Crippen molar-refractivity contribution in [3.8, 4) is 5.75 Å². The summed E-state index contributed by atoms with van der Waals surface area (Å²) in [5.41, 5.74) is 6.69. The Morgan fingerprint density at radius 3 is 1.98 bits per heavy atom. The first-order chi connectivity index (χ1) is 42.3. The lowest BCUT2D eigenvalue weighted by Gasteiger charge is -2.31. The van der Waals surface area contributed by atoms with Crippen molar-refractivity contribution in [3.63, 3.8) is 0 Å². The van der Waals surface area contributed by atoms with Gasteiger partial charge in [0, 0.05) is 68.6 Å². The second-order valence-corrected chi connectivity index (χ2v) is 23.6. The lowest BCUT2D eigenvalue weighted by molar-refractivity contribution is -0.142. The number of aromatic amines is 2. The molecule has 0 radical (unpaired) electrons. The highest BCUT2D eigenvalue weighted by Gasteiger charge is 2.40. The van der Waals surface area contributed by atoms with Crippen LogP contribution in [0.3, 0.4) is 0 Å². The molecule has 2 aromatic heterocycles. The monoisotopic (exact) mass is 1240 g/mol. The molecule has 9 unspecified atom stereocenters. The molecule has 89 heavy (non-hydrogen) atoms. The molecule has 4 heterocycles. The van der Waals surface area contributed by atoms with Crippen LogP contribution in [0.2, 0.25) is 0 Å². The average molecular weight is 1240 g/mol. The number of likely N-dealkylation sites (tertiary alicyclic amines) is 1. The number of H-pyrrole nitrogens is 2. The number of nitrogens with one attached hydrogen (secondary N) is 13. The van der Waals surface area contributed by atoms with E-state index in [1.807, 2.05) is 13.8 Å². The number of imidazole rings is 1. The van der Waals surface area contributed by atoms with Crippen LogP contribution < -0.4 is 58.9 Å². The van der Waals surface area contributed by atoms with Crippen molar-refractivity contribution < 1.29 is 62.9 Å². The van der Waals surface area contributed by atoms with Gasteiger partial charge in [-0.2, -0.15) is 0 Å². The van der Waals surface area contributed by atoms with E-state index in [-0.39, 0.29) is 93.9 Å². The summed E-state index contributed by atoms with van der Waals surface area (Å²) >= 11 is 0. The molecule has 484 valence electrons. The number of aromatic nitrogens is 3. The van der Waals surface area contributed by atoms with Crippen molar-refractivity contribution in [3.05, 3.63) is 84.1 Å². The quantitative estimate of drug-likeness (QED) is 0.0151. The van der Waals surface area contributed by atoms with Crippen molar-refractivity contribution in [2.75, 3.05) is 32.8 Å². The number of hydrogen-bond acceptors (Lipinski definition) is 15. The molecule has 2 aliphatic rings. The fourth-order valence-electron chi connectivity index (χ4n) is 10.3. The molecular formula is C60H86N16O13. The molecule has 2 fully saturated rings. The van der Waals surface area contributed by atoms with E-state index in [4.69, 9.17) is 15.9 Å². The lowest BCUT2D eigenvalue weighted by Crippen LogP contribution is -2.62. The van der Waals surface area contributed by atoms with Crippen LogP contribution >= 0.6 is 0 Å². The molecule has 0 aliphatic carbocycles. The minimum Gasteiger partial charge on any atom is -0.508 e. The maximum absolute atomic E-state index is 14.8. The summed E-state index contributed by atoms with van der Waals surface area (Å²) in [6, 6.07) is 0.985. The maximum Gasteiger partial charge on any atom is 0.245 e. The van der Waals surface area contributed by atoms with Crippen LogP contribution in [0.15, 0.2) is 67.3 Å². The maximum atomic E-state index is 14.8. The number of carbonyl (C=O) groups is 10. The highest BCUT2D eigenvalue weighted by atomic mass is 16.5. The number of benzene rings is 2. The number of hydrogen-bond donors (Lipinski definition) is 16. The molecule has 0 saturated carbocycles. The summed E-state index contributed by atoms with van der Waals surface area (Å²) in [6.07, 6.45) is 5.61. The predicted octanol–water partition coefficient (Wildman–Crippen LogP) is -1.46. The zero-order valence-electron chi connectivity index (χ0n) is 51.1. The third-order valence-corrected chi connectivity index (χ3v) is 14.9. The third-order valence-electron chi connectivity index (χ3n) is 14.9. The number of phenols is 1. The number of aromatic hydroxyl groups is 1. The van der Waals surface area contributed by atoms with Crippen LogP contribution in [-0.2, 0) is 71.9 Å². The van der Waals surface area contributed by atoms with Crippen LogP contribution in [0, 0.1) is 11.3 Å². The van der Waals surface area contributed by atoms with Crippen molar-refractivity contribution in [1.82, 2.24) is 73.0 Å². The van der Waals surface area contributed by atoms with Crippen molar-refractivity contribution in [2.45, 2.75) is 166 Å². The van der Waals surface area contributed by atoms with Gasteiger partial charge >= 0.3 is 0 Å². The smallest absolute Gasteiger partial charge is 0.245 e. The summed E-state index contributed by atoms with van der Waals surface area (Å²) in [4.78, 5) is 152. The third kappa shape index (κ3) is 21.0. The van der Waals surface area contributed by atoms with E-state index in [1.165, 1.54) is 41.7 Å². The molecule has 29 nitrogen and oxygen atoms in total. The second kappa shape index (κ2) is 32.7. The van der Waals surface area contributed by atoms with Gasteiger partial charge < -0.3 is 88.7 Å². The van der Waals surface area contributed by atoms with E-state index >= 15 is 0 Å². The Kier molecular flexibility index (Phi) is 25.4. The Morgan fingerprint density at radius 2 is 1.36 bits per heavy atom. The Morgan fingerprint density at radius 1 is 0.753 bits per heavy atom. The first kappa shape index (κ1) is 69.0. The normalized spacial score (nSPS) is 17.2. The second-order valence-electron chi connectivity index (χ2n) is 23.6. The summed E-state index contributed by atoms with van der Waals surface area (Å²) in [6.45, 7) is 9.83. The van der Waals surface area contributed by atoms with Crippen LogP contribution in [0.25, 0.3) is 10.9 Å². The number of phenolic OH excluding ortho intramolecular Hbond substituents is 1. The molecule has 4 aromatic rings. The molecule has 2 aliphatic heterocycles. The molecule has 9 atom stereocenters. The van der Waals surface area contributed by atoms with Gasteiger partial charge in [-0.25, -0.2) is 4.98 Å². The van der Waals surface area contributed by atoms with Crippen molar-refractivity contribution in [1.29, 1.82) is 5.41 Å². The molecule has 29 heteroatoms. The van der Waals surface area contributed by atoms with E-state index in [0.29, 0.717) is 47.1 Å². The Hall–Kier alpha value is -9.12. The number of fused-ring (bicyclic) bond motifs is 1. The van der Waals surface area contributed by atoms with Gasteiger partial charge in [0.1, 0.15) is 60.1 Å². The van der Waals surface area contributed by atoms with Gasteiger partial charge in [-0.1, -0.05) is 44.2 Å². The molecule has 0 bridgehead atoms. The van der Waals surface area contributed by atoms with Gasteiger partial charge in [0.25, 0.3) is 0 Å². The number of para-hydroxylation sites is 1. The number of carbonyl (C=O) groups excluding carboxylic acids is 10. The van der Waals surface area contributed by atoms with E-state index in [2.05, 4.69) is 68.1 Å². The average Bonchev–Trinajstić information content (AvgIpc) is 2.55. The van der Waals surface area contributed by atoms with E-state index in [0.717, 1.165) is 0 Å². The van der Waals surface area contributed by atoms with E-state index in [1.54, 1.807) is 58.2 Å².